The normalized spacial score (nSPS) is 10.6. The number of unbranched alkanes of at least 4 members (excludes halogenated alkanes) is 2. The molecule has 0 N–H and O–H groups in total. The molecule has 0 saturated heterocycles. The highest BCUT2D eigenvalue weighted by Gasteiger charge is 2.24. The smallest absolute Gasteiger partial charge is 0.350 e. The van der Waals surface area contributed by atoms with E-state index in [1.165, 1.54) is 11.3 Å². The lowest BCUT2D eigenvalue weighted by atomic mass is 10.1. The van der Waals surface area contributed by atoms with E-state index in [4.69, 9.17) is 18.9 Å². The van der Waals surface area contributed by atoms with E-state index < -0.39 is 5.97 Å². The van der Waals surface area contributed by atoms with E-state index in [2.05, 4.69) is 11.9 Å². The van der Waals surface area contributed by atoms with Crippen LogP contribution in [0.1, 0.15) is 60.5 Å². The van der Waals surface area contributed by atoms with Gasteiger partial charge < -0.3 is 18.9 Å². The summed E-state index contributed by atoms with van der Waals surface area (Å²) >= 11 is 1.20. The zero-order valence-electron chi connectivity index (χ0n) is 20.4. The predicted molar refractivity (Wildman–Crippen MR) is 129 cm³/mol. The molecule has 0 spiro atoms. The van der Waals surface area contributed by atoms with Gasteiger partial charge >= 0.3 is 5.97 Å². The molecule has 2 rings (SSSR count). The second-order valence-electron chi connectivity index (χ2n) is 7.42. The van der Waals surface area contributed by atoms with Crippen LogP contribution in [0, 0.1) is 6.92 Å². The Balaban J connectivity index is 2.23. The number of amides is 1. The van der Waals surface area contributed by atoms with Crippen LogP contribution in [0.3, 0.4) is 0 Å². The van der Waals surface area contributed by atoms with E-state index in [0.29, 0.717) is 52.5 Å². The van der Waals surface area contributed by atoms with Crippen LogP contribution in [0.4, 0.5) is 5.13 Å². The van der Waals surface area contributed by atoms with Crippen LogP contribution in [0.15, 0.2) is 12.1 Å². The average Bonchev–Trinajstić information content (AvgIpc) is 3.20. The number of carbonyl (C=O) groups excluding carboxylic acids is 2. The SMILES string of the molecule is CCCCCN(C(=O)CCc1cc(OC)c(OC)c(OC)c1)c1nc(C)c(C(=O)OCC)s1. The van der Waals surface area contributed by atoms with Gasteiger partial charge in [0.1, 0.15) is 4.88 Å². The quantitative estimate of drug-likeness (QED) is 0.302. The first kappa shape index (κ1) is 26.4. The lowest BCUT2D eigenvalue weighted by Gasteiger charge is -2.20. The van der Waals surface area contributed by atoms with Crippen molar-refractivity contribution in [3.8, 4) is 17.2 Å². The summed E-state index contributed by atoms with van der Waals surface area (Å²) in [6.07, 6.45) is 3.68. The number of nitrogens with zero attached hydrogens (tertiary/aromatic N) is 2. The van der Waals surface area contributed by atoms with Gasteiger partial charge in [-0.3, -0.25) is 9.69 Å². The van der Waals surface area contributed by atoms with Crippen molar-refractivity contribution in [2.24, 2.45) is 0 Å². The molecule has 0 saturated carbocycles. The predicted octanol–water partition coefficient (Wildman–Crippen LogP) is 4.81. The maximum Gasteiger partial charge on any atom is 0.350 e. The third-order valence-electron chi connectivity index (χ3n) is 5.12. The van der Waals surface area contributed by atoms with Gasteiger partial charge in [-0.2, -0.15) is 0 Å². The van der Waals surface area contributed by atoms with Crippen LogP contribution in [0.25, 0.3) is 0 Å². The first-order valence-corrected chi connectivity index (χ1v) is 11.9. The maximum absolute atomic E-state index is 13.2. The fourth-order valence-corrected chi connectivity index (χ4v) is 4.40. The third kappa shape index (κ3) is 6.83. The fraction of sp³-hybridized carbons (Fsp3) is 0.542. The van der Waals surface area contributed by atoms with Crippen molar-refractivity contribution in [1.82, 2.24) is 4.98 Å². The summed E-state index contributed by atoms with van der Waals surface area (Å²) in [5.74, 6) is 1.16. The van der Waals surface area contributed by atoms with E-state index >= 15 is 0 Å². The average molecular weight is 479 g/mol. The number of esters is 1. The number of thiazole rings is 1. The molecule has 0 aliphatic heterocycles. The van der Waals surface area contributed by atoms with E-state index in [9.17, 15) is 9.59 Å². The summed E-state index contributed by atoms with van der Waals surface area (Å²) in [5, 5.41) is 0.529. The summed E-state index contributed by atoms with van der Waals surface area (Å²) in [7, 11) is 4.68. The highest BCUT2D eigenvalue weighted by Crippen LogP contribution is 2.38. The van der Waals surface area contributed by atoms with Crippen LogP contribution in [-0.4, -0.2) is 51.3 Å². The minimum absolute atomic E-state index is 0.0518. The summed E-state index contributed by atoms with van der Waals surface area (Å²) < 4.78 is 21.3. The standard InChI is InChI=1S/C24H34N2O6S/c1-7-9-10-13-26(24-25-16(3)22(33-24)23(28)32-8-2)20(27)12-11-17-14-18(29-4)21(31-6)19(15-17)30-5/h14-15H,7-13H2,1-6H3. The Morgan fingerprint density at radius 2 is 1.70 bits per heavy atom. The zero-order chi connectivity index (χ0) is 24.4. The Morgan fingerprint density at radius 3 is 2.24 bits per heavy atom. The van der Waals surface area contributed by atoms with Crippen molar-refractivity contribution in [2.75, 3.05) is 39.4 Å². The number of aromatic nitrogens is 1. The molecule has 8 nitrogen and oxygen atoms in total. The van der Waals surface area contributed by atoms with Gasteiger partial charge in [-0.15, -0.1) is 0 Å². The summed E-state index contributed by atoms with van der Waals surface area (Å²) in [6.45, 7) is 6.48. The number of methoxy groups -OCH3 is 3. The Kier molecular flexibility index (Phi) is 10.4. The van der Waals surface area contributed by atoms with Gasteiger partial charge in [-0.25, -0.2) is 9.78 Å². The molecule has 0 radical (unpaired) electrons. The lowest BCUT2D eigenvalue weighted by Crippen LogP contribution is -2.32. The first-order chi connectivity index (χ1) is 15.9. The van der Waals surface area contributed by atoms with E-state index in [0.717, 1.165) is 24.8 Å². The summed E-state index contributed by atoms with van der Waals surface area (Å²) in [6, 6.07) is 3.70. The van der Waals surface area contributed by atoms with Crippen molar-refractivity contribution in [1.29, 1.82) is 0 Å². The molecular weight excluding hydrogens is 444 g/mol. The van der Waals surface area contributed by atoms with Gasteiger partial charge in [0.25, 0.3) is 0 Å². The van der Waals surface area contributed by atoms with Crippen molar-refractivity contribution >= 4 is 28.3 Å². The second-order valence-corrected chi connectivity index (χ2v) is 8.40. The number of ether oxygens (including phenoxy) is 4. The second kappa shape index (κ2) is 13.0. The van der Waals surface area contributed by atoms with Crippen LogP contribution in [-0.2, 0) is 16.0 Å². The first-order valence-electron chi connectivity index (χ1n) is 11.1. The zero-order valence-corrected chi connectivity index (χ0v) is 21.2. The molecule has 1 aromatic heterocycles. The number of benzene rings is 1. The van der Waals surface area contributed by atoms with Crippen LogP contribution in [0.2, 0.25) is 0 Å². The third-order valence-corrected chi connectivity index (χ3v) is 6.28. The molecule has 0 aliphatic rings. The van der Waals surface area contributed by atoms with Gasteiger partial charge in [0.2, 0.25) is 11.7 Å². The fourth-order valence-electron chi connectivity index (χ4n) is 3.40. The molecule has 0 bridgehead atoms. The maximum atomic E-state index is 13.2. The number of hydrogen-bond acceptors (Lipinski definition) is 8. The van der Waals surface area contributed by atoms with E-state index in [1.807, 2.05) is 12.1 Å². The molecule has 1 aromatic carbocycles. The topological polar surface area (TPSA) is 87.2 Å². The van der Waals surface area contributed by atoms with Crippen LogP contribution >= 0.6 is 11.3 Å². The molecule has 2 aromatic rings. The van der Waals surface area contributed by atoms with Crippen LogP contribution in [0.5, 0.6) is 17.2 Å². The largest absolute Gasteiger partial charge is 0.493 e. The monoisotopic (exact) mass is 478 g/mol. The number of hydrogen-bond donors (Lipinski definition) is 0. The number of rotatable bonds is 13. The molecule has 1 heterocycles. The number of anilines is 1. The van der Waals surface area contributed by atoms with Crippen molar-refractivity contribution in [3.63, 3.8) is 0 Å². The Hall–Kier alpha value is -2.81. The molecule has 0 atom stereocenters. The summed E-state index contributed by atoms with van der Waals surface area (Å²) in [4.78, 5) is 32.1. The molecule has 1 amide bonds. The summed E-state index contributed by atoms with van der Waals surface area (Å²) in [5.41, 5.74) is 1.47. The van der Waals surface area contributed by atoms with Gasteiger partial charge in [0.15, 0.2) is 16.6 Å². The minimum Gasteiger partial charge on any atom is -0.493 e. The molecule has 0 fully saturated rings. The lowest BCUT2D eigenvalue weighted by molar-refractivity contribution is -0.118. The number of carbonyl (C=O) groups is 2. The highest BCUT2D eigenvalue weighted by molar-refractivity contribution is 7.17. The Morgan fingerprint density at radius 1 is 1.03 bits per heavy atom. The molecular formula is C24H34N2O6S. The van der Waals surface area contributed by atoms with Gasteiger partial charge in [0.05, 0.1) is 33.6 Å². The van der Waals surface area contributed by atoms with Crippen LogP contribution < -0.4 is 19.1 Å². The number of aryl methyl sites for hydroxylation is 2. The molecule has 33 heavy (non-hydrogen) atoms. The Labute approximate surface area is 199 Å². The molecule has 182 valence electrons. The molecule has 9 heteroatoms. The van der Waals surface area contributed by atoms with Gasteiger partial charge in [-0.05, 0) is 44.4 Å². The van der Waals surface area contributed by atoms with Crippen molar-refractivity contribution < 1.29 is 28.5 Å². The van der Waals surface area contributed by atoms with E-state index in [1.54, 1.807) is 40.1 Å². The minimum atomic E-state index is -0.405. The van der Waals surface area contributed by atoms with Gasteiger partial charge in [0, 0.05) is 13.0 Å². The van der Waals surface area contributed by atoms with Gasteiger partial charge in [-0.1, -0.05) is 31.1 Å². The molecule has 0 aliphatic carbocycles. The van der Waals surface area contributed by atoms with Crippen molar-refractivity contribution in [2.45, 2.75) is 52.9 Å². The Bertz CT molecular complexity index is 918. The van der Waals surface area contributed by atoms with E-state index in [-0.39, 0.29) is 12.3 Å². The van der Waals surface area contributed by atoms with Crippen molar-refractivity contribution in [3.05, 3.63) is 28.3 Å². The highest BCUT2D eigenvalue weighted by atomic mass is 32.1. The molecule has 0 unspecified atom stereocenters.